The third-order valence-corrected chi connectivity index (χ3v) is 6.93. The first-order valence-corrected chi connectivity index (χ1v) is 11.9. The first-order chi connectivity index (χ1) is 15.7. The Balaban J connectivity index is 1.64. The van der Waals surface area contributed by atoms with Crippen molar-refractivity contribution in [1.82, 2.24) is 9.88 Å². The molecule has 3 amide bonds. The van der Waals surface area contributed by atoms with Gasteiger partial charge in [0, 0.05) is 24.9 Å². The molecular weight excluding hydrogens is 436 g/mol. The SMILES string of the molecule is Cc1cc(C)c2sc(N(CCCN(C)C)C(=O)c3ccc(N4C(=O)CCC4=O)cc3)nc2c1. The third kappa shape index (κ3) is 4.82. The summed E-state index contributed by atoms with van der Waals surface area (Å²) in [7, 11) is 4.02. The van der Waals surface area contributed by atoms with E-state index in [-0.39, 0.29) is 30.6 Å². The molecule has 1 saturated heterocycles. The number of hydrogen-bond acceptors (Lipinski definition) is 6. The van der Waals surface area contributed by atoms with Gasteiger partial charge in [0.25, 0.3) is 5.91 Å². The zero-order valence-corrected chi connectivity index (χ0v) is 20.2. The zero-order chi connectivity index (χ0) is 23.7. The molecule has 0 radical (unpaired) electrons. The van der Waals surface area contributed by atoms with Gasteiger partial charge in [0.05, 0.1) is 15.9 Å². The van der Waals surface area contributed by atoms with Crippen LogP contribution in [0.3, 0.4) is 0 Å². The van der Waals surface area contributed by atoms with Crippen LogP contribution in [0.1, 0.15) is 40.7 Å². The van der Waals surface area contributed by atoms with Crippen LogP contribution < -0.4 is 9.80 Å². The van der Waals surface area contributed by atoms with Gasteiger partial charge in [-0.2, -0.15) is 0 Å². The molecule has 1 aliphatic rings. The highest BCUT2D eigenvalue weighted by atomic mass is 32.1. The second-order valence-corrected chi connectivity index (χ2v) is 9.69. The standard InChI is InChI=1S/C25H28N4O3S/c1-16-14-17(2)23-20(15-16)26-25(33-23)28(13-5-12-27(3)4)24(32)18-6-8-19(9-7-18)29-21(30)10-11-22(29)31/h6-9,14-15H,5,10-13H2,1-4H3. The van der Waals surface area contributed by atoms with Crippen LogP contribution in [-0.4, -0.2) is 54.8 Å². The van der Waals surface area contributed by atoms with Crippen LogP contribution in [0.15, 0.2) is 36.4 Å². The molecule has 8 heteroatoms. The largest absolute Gasteiger partial charge is 0.309 e. The predicted molar refractivity (Wildman–Crippen MR) is 132 cm³/mol. The van der Waals surface area contributed by atoms with E-state index in [0.29, 0.717) is 22.9 Å². The second-order valence-electron chi connectivity index (χ2n) is 8.71. The van der Waals surface area contributed by atoms with Crippen molar-refractivity contribution in [3.63, 3.8) is 0 Å². The fourth-order valence-corrected chi connectivity index (χ4v) is 5.12. The van der Waals surface area contributed by atoms with Crippen LogP contribution in [-0.2, 0) is 9.59 Å². The van der Waals surface area contributed by atoms with Gasteiger partial charge in [-0.25, -0.2) is 4.98 Å². The molecule has 0 bridgehead atoms. The summed E-state index contributed by atoms with van der Waals surface area (Å²) >= 11 is 1.53. The number of rotatable bonds is 7. The minimum atomic E-state index is -0.204. The summed E-state index contributed by atoms with van der Waals surface area (Å²) in [5.41, 5.74) is 4.20. The summed E-state index contributed by atoms with van der Waals surface area (Å²) in [5, 5.41) is 0.677. The average molecular weight is 465 g/mol. The lowest BCUT2D eigenvalue weighted by Crippen LogP contribution is -2.33. The molecule has 1 aromatic heterocycles. The van der Waals surface area contributed by atoms with Crippen molar-refractivity contribution in [1.29, 1.82) is 0 Å². The summed E-state index contributed by atoms with van der Waals surface area (Å²) in [4.78, 5) is 47.4. The lowest BCUT2D eigenvalue weighted by Gasteiger charge is -2.21. The normalized spacial score (nSPS) is 14.0. The van der Waals surface area contributed by atoms with Crippen LogP contribution in [0.4, 0.5) is 10.8 Å². The molecule has 3 aromatic rings. The van der Waals surface area contributed by atoms with Gasteiger partial charge in [-0.15, -0.1) is 0 Å². The van der Waals surface area contributed by atoms with Crippen LogP contribution in [0.25, 0.3) is 10.2 Å². The van der Waals surface area contributed by atoms with E-state index >= 15 is 0 Å². The number of aromatic nitrogens is 1. The van der Waals surface area contributed by atoms with E-state index < -0.39 is 0 Å². The first-order valence-electron chi connectivity index (χ1n) is 11.0. The van der Waals surface area contributed by atoms with E-state index in [4.69, 9.17) is 4.98 Å². The summed E-state index contributed by atoms with van der Waals surface area (Å²) in [5.74, 6) is -0.554. The number of anilines is 2. The van der Waals surface area contributed by atoms with Gasteiger partial charge in [0.15, 0.2) is 5.13 Å². The van der Waals surface area contributed by atoms with E-state index in [9.17, 15) is 14.4 Å². The quantitative estimate of drug-likeness (QED) is 0.491. The lowest BCUT2D eigenvalue weighted by atomic mass is 10.1. The Labute approximate surface area is 197 Å². The number of nitrogens with zero attached hydrogens (tertiary/aromatic N) is 4. The van der Waals surface area contributed by atoms with Crippen molar-refractivity contribution in [3.05, 3.63) is 53.1 Å². The first kappa shape index (κ1) is 23.1. The van der Waals surface area contributed by atoms with Gasteiger partial charge in [-0.3, -0.25) is 24.2 Å². The molecule has 0 aliphatic carbocycles. The van der Waals surface area contributed by atoms with Crippen molar-refractivity contribution >= 4 is 50.1 Å². The van der Waals surface area contributed by atoms with Crippen LogP contribution in [0.5, 0.6) is 0 Å². The van der Waals surface area contributed by atoms with Crippen molar-refractivity contribution < 1.29 is 14.4 Å². The Morgan fingerprint density at radius 2 is 1.70 bits per heavy atom. The van der Waals surface area contributed by atoms with Gasteiger partial charge in [-0.1, -0.05) is 17.4 Å². The molecule has 33 heavy (non-hydrogen) atoms. The second kappa shape index (κ2) is 9.41. The number of carbonyl (C=O) groups is 3. The van der Waals surface area contributed by atoms with Crippen LogP contribution in [0.2, 0.25) is 0 Å². The summed E-state index contributed by atoms with van der Waals surface area (Å²) in [6, 6.07) is 10.9. The Bertz CT molecular complexity index is 1200. The van der Waals surface area contributed by atoms with E-state index in [1.165, 1.54) is 16.2 Å². The van der Waals surface area contributed by atoms with Gasteiger partial charge in [0.2, 0.25) is 11.8 Å². The Morgan fingerprint density at radius 3 is 2.33 bits per heavy atom. The summed E-state index contributed by atoms with van der Waals surface area (Å²) in [6.45, 7) is 5.50. The molecule has 172 valence electrons. The molecular formula is C25H28N4O3S. The topological polar surface area (TPSA) is 73.8 Å². The predicted octanol–water partition coefficient (Wildman–Crippen LogP) is 4.17. The fourth-order valence-electron chi connectivity index (χ4n) is 4.08. The summed E-state index contributed by atoms with van der Waals surface area (Å²) < 4.78 is 1.09. The van der Waals surface area contributed by atoms with Gasteiger partial charge >= 0.3 is 0 Å². The van der Waals surface area contributed by atoms with Crippen molar-refractivity contribution in [3.8, 4) is 0 Å². The highest BCUT2D eigenvalue weighted by molar-refractivity contribution is 7.22. The van der Waals surface area contributed by atoms with Crippen molar-refractivity contribution in [2.24, 2.45) is 0 Å². The van der Waals surface area contributed by atoms with Crippen LogP contribution >= 0.6 is 11.3 Å². The number of benzene rings is 2. The monoisotopic (exact) mass is 464 g/mol. The Morgan fingerprint density at radius 1 is 1.03 bits per heavy atom. The number of aryl methyl sites for hydroxylation is 2. The number of imide groups is 1. The maximum absolute atomic E-state index is 13.5. The smallest absolute Gasteiger partial charge is 0.260 e. The molecule has 0 saturated carbocycles. The van der Waals surface area contributed by atoms with E-state index in [1.807, 2.05) is 27.1 Å². The Kier molecular flexibility index (Phi) is 6.58. The minimum Gasteiger partial charge on any atom is -0.309 e. The summed E-state index contributed by atoms with van der Waals surface area (Å²) in [6.07, 6.45) is 1.27. The lowest BCUT2D eigenvalue weighted by molar-refractivity contribution is -0.121. The van der Waals surface area contributed by atoms with E-state index in [1.54, 1.807) is 29.2 Å². The molecule has 1 aliphatic heterocycles. The number of carbonyl (C=O) groups excluding carboxylic acids is 3. The third-order valence-electron chi connectivity index (χ3n) is 5.70. The number of fused-ring (bicyclic) bond motifs is 1. The number of thiazole rings is 1. The maximum Gasteiger partial charge on any atom is 0.260 e. The minimum absolute atomic E-state index is 0.146. The maximum atomic E-state index is 13.5. The zero-order valence-electron chi connectivity index (χ0n) is 19.4. The molecule has 0 N–H and O–H groups in total. The molecule has 0 spiro atoms. The van der Waals surface area contributed by atoms with Crippen molar-refractivity contribution in [2.45, 2.75) is 33.1 Å². The Hall–Kier alpha value is -3.10. The van der Waals surface area contributed by atoms with E-state index in [2.05, 4.69) is 17.9 Å². The average Bonchev–Trinajstić information content (AvgIpc) is 3.33. The molecule has 4 rings (SSSR count). The fraction of sp³-hybridized carbons (Fsp3) is 0.360. The van der Waals surface area contributed by atoms with E-state index in [0.717, 1.165) is 34.3 Å². The van der Waals surface area contributed by atoms with Gasteiger partial charge in [-0.05, 0) is 82.4 Å². The van der Waals surface area contributed by atoms with Crippen LogP contribution in [0, 0.1) is 13.8 Å². The molecule has 0 atom stereocenters. The number of hydrogen-bond donors (Lipinski definition) is 0. The molecule has 7 nitrogen and oxygen atoms in total. The highest BCUT2D eigenvalue weighted by Gasteiger charge is 2.30. The number of amides is 3. The molecule has 2 aromatic carbocycles. The molecule has 2 heterocycles. The van der Waals surface area contributed by atoms with Crippen molar-refractivity contribution in [2.75, 3.05) is 37.0 Å². The molecule has 1 fully saturated rings. The molecule has 0 unspecified atom stereocenters. The highest BCUT2D eigenvalue weighted by Crippen LogP contribution is 2.33. The van der Waals surface area contributed by atoms with Gasteiger partial charge < -0.3 is 4.90 Å². The van der Waals surface area contributed by atoms with Gasteiger partial charge in [0.1, 0.15) is 0 Å².